The SMILES string of the molecule is CCN(CC)C1CCN(c2cccc3cnc(C)nc23)CC1. The van der Waals surface area contributed by atoms with Gasteiger partial charge in [-0.05, 0) is 38.9 Å². The summed E-state index contributed by atoms with van der Waals surface area (Å²) in [6.45, 7) is 11.0. The van der Waals surface area contributed by atoms with Gasteiger partial charge < -0.3 is 9.80 Å². The van der Waals surface area contributed by atoms with Gasteiger partial charge in [0, 0.05) is 30.7 Å². The smallest absolute Gasteiger partial charge is 0.125 e. The van der Waals surface area contributed by atoms with Crippen LogP contribution in [0.25, 0.3) is 10.9 Å². The van der Waals surface area contributed by atoms with E-state index in [9.17, 15) is 0 Å². The van der Waals surface area contributed by atoms with Crippen LogP contribution >= 0.6 is 0 Å². The van der Waals surface area contributed by atoms with Crippen molar-refractivity contribution in [2.45, 2.75) is 39.7 Å². The van der Waals surface area contributed by atoms with E-state index < -0.39 is 0 Å². The molecule has 118 valence electrons. The van der Waals surface area contributed by atoms with E-state index in [0.717, 1.165) is 48.9 Å². The molecule has 2 aromatic rings. The second kappa shape index (κ2) is 6.61. The molecule has 1 fully saturated rings. The van der Waals surface area contributed by atoms with Gasteiger partial charge in [-0.25, -0.2) is 9.97 Å². The summed E-state index contributed by atoms with van der Waals surface area (Å²) in [5.41, 5.74) is 2.36. The first-order valence-electron chi connectivity index (χ1n) is 8.44. The molecule has 0 aliphatic carbocycles. The number of nitrogens with zero attached hydrogens (tertiary/aromatic N) is 4. The molecule has 1 aromatic carbocycles. The predicted molar refractivity (Wildman–Crippen MR) is 92.4 cm³/mol. The molecule has 22 heavy (non-hydrogen) atoms. The van der Waals surface area contributed by atoms with Gasteiger partial charge in [0.2, 0.25) is 0 Å². The maximum Gasteiger partial charge on any atom is 0.125 e. The summed E-state index contributed by atoms with van der Waals surface area (Å²) in [6.07, 6.45) is 4.41. The number of aryl methyl sites for hydroxylation is 1. The molecule has 1 saturated heterocycles. The Labute approximate surface area is 133 Å². The van der Waals surface area contributed by atoms with Crippen LogP contribution < -0.4 is 4.90 Å². The zero-order chi connectivity index (χ0) is 15.5. The minimum absolute atomic E-state index is 0.734. The highest BCUT2D eigenvalue weighted by Crippen LogP contribution is 2.28. The van der Waals surface area contributed by atoms with Crippen LogP contribution in [0.4, 0.5) is 5.69 Å². The Morgan fingerprint density at radius 3 is 2.59 bits per heavy atom. The van der Waals surface area contributed by atoms with E-state index in [4.69, 9.17) is 0 Å². The standard InChI is InChI=1S/C18H26N4/c1-4-21(5-2)16-9-11-22(12-10-16)17-8-6-7-15-13-19-14(3)20-18(15)17/h6-8,13,16H,4-5,9-12H2,1-3H3. The zero-order valence-corrected chi connectivity index (χ0v) is 13.9. The highest BCUT2D eigenvalue weighted by atomic mass is 15.2. The molecule has 0 radical (unpaired) electrons. The number of rotatable bonds is 4. The first-order valence-corrected chi connectivity index (χ1v) is 8.44. The normalized spacial score (nSPS) is 16.6. The molecule has 0 amide bonds. The fraction of sp³-hybridized carbons (Fsp3) is 0.556. The molecule has 3 rings (SSSR count). The molecule has 0 atom stereocenters. The Morgan fingerprint density at radius 1 is 1.18 bits per heavy atom. The Morgan fingerprint density at radius 2 is 1.91 bits per heavy atom. The quantitative estimate of drug-likeness (QED) is 0.867. The molecule has 0 N–H and O–H groups in total. The lowest BCUT2D eigenvalue weighted by Crippen LogP contribution is -2.44. The van der Waals surface area contributed by atoms with Crippen LogP contribution in [0.1, 0.15) is 32.5 Å². The maximum absolute atomic E-state index is 4.67. The Bertz CT molecular complexity index is 628. The topological polar surface area (TPSA) is 32.3 Å². The van der Waals surface area contributed by atoms with Crippen molar-refractivity contribution < 1.29 is 0 Å². The van der Waals surface area contributed by atoms with Crippen LogP contribution in [0, 0.1) is 6.92 Å². The fourth-order valence-electron chi connectivity index (χ4n) is 3.60. The van der Waals surface area contributed by atoms with Gasteiger partial charge in [-0.3, -0.25) is 0 Å². The molecule has 0 bridgehead atoms. The number of benzene rings is 1. The minimum atomic E-state index is 0.734. The van der Waals surface area contributed by atoms with Crippen LogP contribution in [0.15, 0.2) is 24.4 Å². The number of hydrogen-bond acceptors (Lipinski definition) is 4. The molecule has 4 nitrogen and oxygen atoms in total. The monoisotopic (exact) mass is 298 g/mol. The molecule has 4 heteroatoms. The first kappa shape index (κ1) is 15.2. The Balaban J connectivity index is 1.80. The van der Waals surface area contributed by atoms with Crippen LogP contribution in [0.3, 0.4) is 0 Å². The minimum Gasteiger partial charge on any atom is -0.370 e. The van der Waals surface area contributed by atoms with Gasteiger partial charge in [-0.1, -0.05) is 26.0 Å². The third-order valence-corrected chi connectivity index (χ3v) is 4.84. The van der Waals surface area contributed by atoms with Gasteiger partial charge in [0.1, 0.15) is 5.82 Å². The highest BCUT2D eigenvalue weighted by Gasteiger charge is 2.24. The van der Waals surface area contributed by atoms with Gasteiger partial charge >= 0.3 is 0 Å². The van der Waals surface area contributed by atoms with Crippen molar-refractivity contribution in [1.29, 1.82) is 0 Å². The maximum atomic E-state index is 4.67. The third kappa shape index (κ3) is 2.93. The van der Waals surface area contributed by atoms with Crippen molar-refractivity contribution in [2.24, 2.45) is 0 Å². The number of aromatic nitrogens is 2. The predicted octanol–water partition coefficient (Wildman–Crippen LogP) is 3.25. The zero-order valence-electron chi connectivity index (χ0n) is 13.9. The number of para-hydroxylation sites is 1. The molecule has 1 aliphatic heterocycles. The summed E-state index contributed by atoms with van der Waals surface area (Å²) >= 11 is 0. The first-order chi connectivity index (χ1) is 10.7. The van der Waals surface area contributed by atoms with Crippen molar-refractivity contribution >= 4 is 16.6 Å². The van der Waals surface area contributed by atoms with Crippen molar-refractivity contribution in [3.63, 3.8) is 0 Å². The van der Waals surface area contributed by atoms with Crippen LogP contribution in [0.2, 0.25) is 0 Å². The van der Waals surface area contributed by atoms with Crippen LogP contribution in [-0.4, -0.2) is 47.1 Å². The average Bonchev–Trinajstić information content (AvgIpc) is 2.56. The summed E-state index contributed by atoms with van der Waals surface area (Å²) in [7, 11) is 0. The lowest BCUT2D eigenvalue weighted by Gasteiger charge is -2.38. The Hall–Kier alpha value is -1.68. The van der Waals surface area contributed by atoms with E-state index in [2.05, 4.69) is 51.8 Å². The Kier molecular flexibility index (Phi) is 4.57. The number of anilines is 1. The molecule has 1 aromatic heterocycles. The molecule has 0 spiro atoms. The summed E-state index contributed by atoms with van der Waals surface area (Å²) < 4.78 is 0. The van der Waals surface area contributed by atoms with Gasteiger partial charge in [-0.2, -0.15) is 0 Å². The number of piperidine rings is 1. The van der Waals surface area contributed by atoms with Crippen LogP contribution in [-0.2, 0) is 0 Å². The highest BCUT2D eigenvalue weighted by molar-refractivity contribution is 5.90. The van der Waals surface area contributed by atoms with Crippen molar-refractivity contribution in [1.82, 2.24) is 14.9 Å². The van der Waals surface area contributed by atoms with Gasteiger partial charge in [0.15, 0.2) is 0 Å². The van der Waals surface area contributed by atoms with Crippen molar-refractivity contribution in [2.75, 3.05) is 31.1 Å². The number of hydrogen-bond donors (Lipinski definition) is 0. The molecular formula is C18H26N4. The van der Waals surface area contributed by atoms with Gasteiger partial charge in [0.25, 0.3) is 0 Å². The lowest BCUT2D eigenvalue weighted by molar-refractivity contribution is 0.186. The van der Waals surface area contributed by atoms with E-state index in [1.165, 1.54) is 18.5 Å². The molecule has 2 heterocycles. The fourth-order valence-corrected chi connectivity index (χ4v) is 3.60. The second-order valence-electron chi connectivity index (χ2n) is 6.07. The van der Waals surface area contributed by atoms with Crippen molar-refractivity contribution in [3.8, 4) is 0 Å². The molecular weight excluding hydrogens is 272 g/mol. The van der Waals surface area contributed by atoms with E-state index in [1.54, 1.807) is 0 Å². The molecule has 0 unspecified atom stereocenters. The van der Waals surface area contributed by atoms with E-state index in [0.29, 0.717) is 0 Å². The summed E-state index contributed by atoms with van der Waals surface area (Å²) in [5.74, 6) is 0.845. The summed E-state index contributed by atoms with van der Waals surface area (Å²) in [4.78, 5) is 14.1. The second-order valence-corrected chi connectivity index (χ2v) is 6.07. The summed E-state index contributed by atoms with van der Waals surface area (Å²) in [5, 5.41) is 1.13. The van der Waals surface area contributed by atoms with Crippen LogP contribution in [0.5, 0.6) is 0 Å². The molecule has 0 saturated carbocycles. The number of fused-ring (bicyclic) bond motifs is 1. The van der Waals surface area contributed by atoms with E-state index in [1.807, 2.05) is 13.1 Å². The van der Waals surface area contributed by atoms with E-state index in [-0.39, 0.29) is 0 Å². The molecule has 1 aliphatic rings. The average molecular weight is 298 g/mol. The summed E-state index contributed by atoms with van der Waals surface area (Å²) in [6, 6.07) is 7.15. The van der Waals surface area contributed by atoms with Gasteiger partial charge in [0.05, 0.1) is 11.2 Å². The lowest BCUT2D eigenvalue weighted by atomic mass is 10.0. The van der Waals surface area contributed by atoms with E-state index >= 15 is 0 Å². The van der Waals surface area contributed by atoms with Gasteiger partial charge in [-0.15, -0.1) is 0 Å². The largest absolute Gasteiger partial charge is 0.370 e. The third-order valence-electron chi connectivity index (χ3n) is 4.84. The van der Waals surface area contributed by atoms with Crippen molar-refractivity contribution in [3.05, 3.63) is 30.2 Å².